The minimum absolute atomic E-state index is 0.0848. The van der Waals surface area contributed by atoms with Crippen LogP contribution < -0.4 is 5.32 Å². The molecule has 1 heterocycles. The average molecular weight is 325 g/mol. The van der Waals surface area contributed by atoms with E-state index in [0.29, 0.717) is 12.1 Å². The Labute approximate surface area is 118 Å². The molecule has 0 aliphatic heterocycles. The third-order valence-electron chi connectivity index (χ3n) is 2.43. The van der Waals surface area contributed by atoms with Gasteiger partial charge in [-0.05, 0) is 41.9 Å². The maximum Gasteiger partial charge on any atom is 0.252 e. The molecule has 2 rings (SSSR count). The molecule has 94 valence electrons. The van der Waals surface area contributed by atoms with Gasteiger partial charge in [0.15, 0.2) is 0 Å². The van der Waals surface area contributed by atoms with Crippen LogP contribution in [0.2, 0.25) is 0 Å². The molecule has 1 N–H and O–H groups in total. The maximum atomic E-state index is 12.0. The van der Waals surface area contributed by atoms with Gasteiger partial charge in [0.25, 0.3) is 5.91 Å². The van der Waals surface area contributed by atoms with E-state index in [2.05, 4.69) is 26.2 Å². The van der Waals surface area contributed by atoms with Crippen molar-refractivity contribution < 1.29 is 4.79 Å². The van der Waals surface area contributed by atoms with Crippen LogP contribution in [-0.4, -0.2) is 10.9 Å². The van der Waals surface area contributed by atoms with Crippen LogP contribution in [0.3, 0.4) is 0 Å². The van der Waals surface area contributed by atoms with Crippen molar-refractivity contribution in [2.24, 2.45) is 0 Å². The van der Waals surface area contributed by atoms with Gasteiger partial charge < -0.3 is 5.32 Å². The Morgan fingerprint density at radius 1 is 1.44 bits per heavy atom. The van der Waals surface area contributed by atoms with Gasteiger partial charge in [-0.2, -0.15) is 0 Å². The van der Waals surface area contributed by atoms with Crippen LogP contribution in [-0.2, 0) is 6.54 Å². The van der Waals surface area contributed by atoms with Crippen molar-refractivity contribution in [3.8, 4) is 0 Å². The molecule has 0 saturated heterocycles. The number of aryl methyl sites for hydroxylation is 2. The standard InChI is InChI=1S/C13H13BrN2OS/c1-8-3-4-11(14)10(5-8)13(17)15-6-12-16-9(2)7-18-12/h3-5,7H,6H2,1-2H3,(H,15,17). The number of aromatic nitrogens is 1. The van der Waals surface area contributed by atoms with Crippen LogP contribution in [0.1, 0.15) is 26.6 Å². The van der Waals surface area contributed by atoms with Crippen molar-refractivity contribution in [1.29, 1.82) is 0 Å². The molecule has 0 radical (unpaired) electrons. The molecule has 0 saturated carbocycles. The summed E-state index contributed by atoms with van der Waals surface area (Å²) in [6.45, 7) is 4.38. The summed E-state index contributed by atoms with van der Waals surface area (Å²) in [7, 11) is 0. The van der Waals surface area contributed by atoms with Gasteiger partial charge in [0, 0.05) is 15.5 Å². The number of nitrogens with zero attached hydrogens (tertiary/aromatic N) is 1. The van der Waals surface area contributed by atoms with Crippen molar-refractivity contribution in [3.05, 3.63) is 49.9 Å². The van der Waals surface area contributed by atoms with E-state index in [4.69, 9.17) is 0 Å². The monoisotopic (exact) mass is 324 g/mol. The molecule has 1 aromatic heterocycles. The van der Waals surface area contributed by atoms with Crippen molar-refractivity contribution >= 4 is 33.2 Å². The number of nitrogens with one attached hydrogen (secondary N) is 1. The summed E-state index contributed by atoms with van der Waals surface area (Å²) >= 11 is 4.94. The van der Waals surface area contributed by atoms with Gasteiger partial charge in [0.05, 0.1) is 12.1 Å². The van der Waals surface area contributed by atoms with Crippen LogP contribution in [0.4, 0.5) is 0 Å². The van der Waals surface area contributed by atoms with E-state index >= 15 is 0 Å². The molecule has 1 amide bonds. The maximum absolute atomic E-state index is 12.0. The van der Waals surface area contributed by atoms with E-state index in [1.807, 2.05) is 37.4 Å². The summed E-state index contributed by atoms with van der Waals surface area (Å²) in [4.78, 5) is 16.3. The van der Waals surface area contributed by atoms with E-state index in [-0.39, 0.29) is 5.91 Å². The summed E-state index contributed by atoms with van der Waals surface area (Å²) < 4.78 is 0.806. The third kappa shape index (κ3) is 3.17. The second kappa shape index (κ2) is 5.63. The van der Waals surface area contributed by atoms with Crippen LogP contribution in [0.5, 0.6) is 0 Å². The van der Waals surface area contributed by atoms with E-state index in [9.17, 15) is 4.79 Å². The van der Waals surface area contributed by atoms with E-state index in [1.165, 1.54) is 0 Å². The predicted molar refractivity (Wildman–Crippen MR) is 76.9 cm³/mol. The molecule has 2 aromatic rings. The largest absolute Gasteiger partial charge is 0.345 e. The number of halogens is 1. The van der Waals surface area contributed by atoms with E-state index < -0.39 is 0 Å². The first kappa shape index (κ1) is 13.2. The predicted octanol–water partition coefficient (Wildman–Crippen LogP) is 3.45. The van der Waals surface area contributed by atoms with Crippen molar-refractivity contribution in [2.75, 3.05) is 0 Å². The Bertz CT molecular complexity index is 580. The van der Waals surface area contributed by atoms with Gasteiger partial charge in [-0.15, -0.1) is 11.3 Å². The number of rotatable bonds is 3. The number of thiazole rings is 1. The van der Waals surface area contributed by atoms with E-state index in [1.54, 1.807) is 11.3 Å². The fourth-order valence-electron chi connectivity index (χ4n) is 1.55. The number of carbonyl (C=O) groups excluding carboxylic acids is 1. The molecule has 5 heteroatoms. The molecule has 0 aliphatic rings. The quantitative estimate of drug-likeness (QED) is 0.939. The van der Waals surface area contributed by atoms with Gasteiger partial charge in [0.2, 0.25) is 0 Å². The summed E-state index contributed by atoms with van der Waals surface area (Å²) in [5.41, 5.74) is 2.71. The van der Waals surface area contributed by atoms with Gasteiger partial charge >= 0.3 is 0 Å². The third-order valence-corrected chi connectivity index (χ3v) is 4.09. The highest BCUT2D eigenvalue weighted by Crippen LogP contribution is 2.18. The summed E-state index contributed by atoms with van der Waals surface area (Å²) in [5.74, 6) is -0.0848. The van der Waals surface area contributed by atoms with Crippen molar-refractivity contribution in [3.63, 3.8) is 0 Å². The highest BCUT2D eigenvalue weighted by molar-refractivity contribution is 9.10. The summed E-state index contributed by atoms with van der Waals surface area (Å²) in [6, 6.07) is 5.72. The number of hydrogen-bond acceptors (Lipinski definition) is 3. The molecule has 0 bridgehead atoms. The SMILES string of the molecule is Cc1ccc(Br)c(C(=O)NCc2nc(C)cs2)c1. The zero-order valence-corrected chi connectivity index (χ0v) is 12.6. The first-order valence-corrected chi connectivity index (χ1v) is 7.19. The van der Waals surface area contributed by atoms with Gasteiger partial charge in [-0.3, -0.25) is 4.79 Å². The first-order valence-electron chi connectivity index (χ1n) is 5.51. The fraction of sp³-hybridized carbons (Fsp3) is 0.231. The second-order valence-corrected chi connectivity index (χ2v) is 5.85. The molecule has 1 aromatic carbocycles. The Kier molecular flexibility index (Phi) is 4.14. The molecule has 0 aliphatic carbocycles. The molecule has 0 fully saturated rings. The lowest BCUT2D eigenvalue weighted by Gasteiger charge is -2.06. The Balaban J connectivity index is 2.05. The molecule has 18 heavy (non-hydrogen) atoms. The highest BCUT2D eigenvalue weighted by atomic mass is 79.9. The topological polar surface area (TPSA) is 42.0 Å². The zero-order valence-electron chi connectivity index (χ0n) is 10.2. The number of hydrogen-bond donors (Lipinski definition) is 1. The number of carbonyl (C=O) groups is 1. The van der Waals surface area contributed by atoms with Crippen LogP contribution in [0, 0.1) is 13.8 Å². The zero-order chi connectivity index (χ0) is 13.1. The average Bonchev–Trinajstić information content (AvgIpc) is 2.75. The molecule has 0 unspecified atom stereocenters. The molecular weight excluding hydrogens is 312 g/mol. The van der Waals surface area contributed by atoms with Gasteiger partial charge in [-0.25, -0.2) is 4.98 Å². The number of benzene rings is 1. The summed E-state index contributed by atoms with van der Waals surface area (Å²) in [6.07, 6.45) is 0. The fourth-order valence-corrected chi connectivity index (χ4v) is 2.69. The van der Waals surface area contributed by atoms with Crippen molar-refractivity contribution in [2.45, 2.75) is 20.4 Å². The lowest BCUT2D eigenvalue weighted by Crippen LogP contribution is -2.23. The lowest BCUT2D eigenvalue weighted by atomic mass is 10.1. The highest BCUT2D eigenvalue weighted by Gasteiger charge is 2.10. The second-order valence-electron chi connectivity index (χ2n) is 4.05. The molecule has 0 atom stereocenters. The van der Waals surface area contributed by atoms with Gasteiger partial charge in [-0.1, -0.05) is 11.6 Å². The molecule has 3 nitrogen and oxygen atoms in total. The first-order chi connectivity index (χ1) is 8.56. The van der Waals surface area contributed by atoms with Gasteiger partial charge in [0.1, 0.15) is 5.01 Å². The summed E-state index contributed by atoms with van der Waals surface area (Å²) in [5, 5.41) is 5.77. The Hall–Kier alpha value is -1.20. The minimum Gasteiger partial charge on any atom is -0.345 e. The van der Waals surface area contributed by atoms with Crippen LogP contribution in [0.15, 0.2) is 28.1 Å². The van der Waals surface area contributed by atoms with Crippen LogP contribution in [0.25, 0.3) is 0 Å². The normalized spacial score (nSPS) is 10.4. The molecule has 0 spiro atoms. The van der Waals surface area contributed by atoms with Crippen molar-refractivity contribution in [1.82, 2.24) is 10.3 Å². The Morgan fingerprint density at radius 2 is 2.22 bits per heavy atom. The van der Waals surface area contributed by atoms with E-state index in [0.717, 1.165) is 20.7 Å². The minimum atomic E-state index is -0.0848. The Morgan fingerprint density at radius 3 is 2.89 bits per heavy atom. The smallest absolute Gasteiger partial charge is 0.252 e. The van der Waals surface area contributed by atoms with Crippen LogP contribution >= 0.6 is 27.3 Å². The molecular formula is C13H13BrN2OS. The lowest BCUT2D eigenvalue weighted by molar-refractivity contribution is 0.0950. The number of amides is 1.